The second-order valence-corrected chi connectivity index (χ2v) is 8.00. The lowest BCUT2D eigenvalue weighted by atomic mass is 10.1. The van der Waals surface area contributed by atoms with Gasteiger partial charge in [-0.15, -0.1) is 0 Å². The molecule has 0 fully saturated rings. The fourth-order valence-corrected chi connectivity index (χ4v) is 3.44. The number of rotatable bonds is 8. The van der Waals surface area contributed by atoms with Crippen LogP contribution < -0.4 is 10.6 Å². The van der Waals surface area contributed by atoms with Gasteiger partial charge in [0, 0.05) is 37.2 Å². The minimum Gasteiger partial charge on any atom is -0.455 e. The number of amides is 2. The number of carbonyl (C=O) groups is 2. The highest BCUT2D eigenvalue weighted by Crippen LogP contribution is 2.22. The smallest absolute Gasteiger partial charge is 0.291 e. The predicted molar refractivity (Wildman–Crippen MR) is 114 cm³/mol. The number of carbonyl (C=O) groups excluding carboxylic acids is 2. The molecule has 0 spiro atoms. The molecule has 0 aliphatic heterocycles. The van der Waals surface area contributed by atoms with Crippen LogP contribution in [-0.4, -0.2) is 21.4 Å². The number of thioether (sulfide) groups is 1. The molecule has 2 aromatic heterocycles. The van der Waals surface area contributed by atoms with E-state index in [1.165, 1.54) is 11.8 Å². The van der Waals surface area contributed by atoms with Crippen molar-refractivity contribution in [3.63, 3.8) is 0 Å². The van der Waals surface area contributed by atoms with Crippen LogP contribution in [0.2, 0.25) is 0 Å². The van der Waals surface area contributed by atoms with Gasteiger partial charge >= 0.3 is 0 Å². The van der Waals surface area contributed by atoms with Crippen molar-refractivity contribution in [2.75, 3.05) is 10.6 Å². The van der Waals surface area contributed by atoms with Crippen LogP contribution in [0, 0.1) is 5.92 Å². The molecule has 2 heterocycles. The minimum absolute atomic E-state index is 0.0247. The predicted octanol–water partition coefficient (Wildman–Crippen LogP) is 4.54. The maximum atomic E-state index is 12.4. The van der Waals surface area contributed by atoms with E-state index in [2.05, 4.69) is 15.6 Å². The van der Waals surface area contributed by atoms with E-state index in [0.717, 1.165) is 5.16 Å². The first-order chi connectivity index (χ1) is 13.9. The fourth-order valence-electron chi connectivity index (χ4n) is 2.62. The van der Waals surface area contributed by atoms with Gasteiger partial charge in [0.1, 0.15) is 5.76 Å². The van der Waals surface area contributed by atoms with Gasteiger partial charge in [0.25, 0.3) is 5.91 Å². The number of imidazole rings is 1. The number of benzene rings is 1. The van der Waals surface area contributed by atoms with E-state index in [-0.39, 0.29) is 17.6 Å². The van der Waals surface area contributed by atoms with E-state index in [0.29, 0.717) is 35.2 Å². The van der Waals surface area contributed by atoms with Crippen molar-refractivity contribution in [3.05, 3.63) is 60.3 Å². The first-order valence-corrected chi connectivity index (χ1v) is 10.3. The second kappa shape index (κ2) is 9.47. The first-order valence-electron chi connectivity index (χ1n) is 9.31. The number of hydrogen-bond donors (Lipinski definition) is 2. The fraction of sp³-hybridized carbons (Fsp3) is 0.286. The highest BCUT2D eigenvalue weighted by atomic mass is 32.2. The Morgan fingerprint density at radius 1 is 1.10 bits per heavy atom. The molecule has 8 heteroatoms. The lowest BCUT2D eigenvalue weighted by molar-refractivity contribution is -0.116. The standard InChI is InChI=1S/C21H24N4O3S/c1-14(2)12-19(26)23-15-4-6-16(7-5-15)24-20(27)18-9-8-17(28-18)13-29-21-22-10-11-25(21)3/h4-11,14H,12-13H2,1-3H3,(H,23,26)(H,24,27). The molecule has 0 unspecified atom stereocenters. The molecule has 2 amide bonds. The van der Waals surface area contributed by atoms with E-state index >= 15 is 0 Å². The van der Waals surface area contributed by atoms with Gasteiger partial charge < -0.3 is 19.6 Å². The molecule has 2 N–H and O–H groups in total. The number of nitrogens with one attached hydrogen (secondary N) is 2. The van der Waals surface area contributed by atoms with E-state index in [9.17, 15) is 9.59 Å². The monoisotopic (exact) mass is 412 g/mol. The Kier molecular flexibility index (Phi) is 6.77. The molecule has 1 aromatic carbocycles. The summed E-state index contributed by atoms with van der Waals surface area (Å²) in [5.74, 6) is 1.48. The van der Waals surface area contributed by atoms with Crippen LogP contribution in [0.4, 0.5) is 11.4 Å². The maximum Gasteiger partial charge on any atom is 0.291 e. The second-order valence-electron chi connectivity index (χ2n) is 7.05. The van der Waals surface area contributed by atoms with Crippen molar-refractivity contribution in [1.82, 2.24) is 9.55 Å². The highest BCUT2D eigenvalue weighted by molar-refractivity contribution is 7.98. The summed E-state index contributed by atoms with van der Waals surface area (Å²) in [6.45, 7) is 3.99. The van der Waals surface area contributed by atoms with Gasteiger partial charge in [-0.2, -0.15) is 0 Å². The Bertz CT molecular complexity index is 976. The van der Waals surface area contributed by atoms with Crippen molar-refractivity contribution in [1.29, 1.82) is 0 Å². The third-order valence-electron chi connectivity index (χ3n) is 4.03. The average molecular weight is 413 g/mol. The van der Waals surface area contributed by atoms with Gasteiger partial charge in [0.2, 0.25) is 5.91 Å². The van der Waals surface area contributed by atoms with Gasteiger partial charge in [-0.05, 0) is 42.3 Å². The van der Waals surface area contributed by atoms with Gasteiger partial charge in [0.15, 0.2) is 10.9 Å². The molecule has 3 aromatic rings. The van der Waals surface area contributed by atoms with Crippen molar-refractivity contribution in [2.24, 2.45) is 13.0 Å². The zero-order valence-electron chi connectivity index (χ0n) is 16.6. The van der Waals surface area contributed by atoms with Crippen LogP contribution in [-0.2, 0) is 17.6 Å². The summed E-state index contributed by atoms with van der Waals surface area (Å²) in [4.78, 5) is 28.5. The lowest BCUT2D eigenvalue weighted by Gasteiger charge is -2.08. The summed E-state index contributed by atoms with van der Waals surface area (Å²) in [5, 5.41) is 6.52. The molecule has 0 aliphatic carbocycles. The molecule has 29 heavy (non-hydrogen) atoms. The number of nitrogens with zero attached hydrogens (tertiary/aromatic N) is 2. The topological polar surface area (TPSA) is 89.2 Å². The first kappa shape index (κ1) is 20.7. The SMILES string of the molecule is CC(C)CC(=O)Nc1ccc(NC(=O)c2ccc(CSc3nccn3C)o2)cc1. The zero-order chi connectivity index (χ0) is 20.8. The Morgan fingerprint density at radius 2 is 1.79 bits per heavy atom. The molecular formula is C21H24N4O3S. The van der Waals surface area contributed by atoms with Gasteiger partial charge in [-0.1, -0.05) is 25.6 Å². The van der Waals surface area contributed by atoms with Crippen molar-refractivity contribution < 1.29 is 14.0 Å². The lowest BCUT2D eigenvalue weighted by Crippen LogP contribution is -2.14. The van der Waals surface area contributed by atoms with Crippen LogP contribution >= 0.6 is 11.8 Å². The molecule has 0 aliphatic rings. The third kappa shape index (κ3) is 5.99. The molecule has 0 saturated heterocycles. The normalized spacial score (nSPS) is 10.9. The Labute approximate surface area is 173 Å². The van der Waals surface area contributed by atoms with Crippen molar-refractivity contribution in [2.45, 2.75) is 31.2 Å². The molecule has 0 radical (unpaired) electrons. The van der Waals surface area contributed by atoms with Crippen LogP contribution in [0.5, 0.6) is 0 Å². The summed E-state index contributed by atoms with van der Waals surface area (Å²) in [6, 6.07) is 10.4. The zero-order valence-corrected chi connectivity index (χ0v) is 17.5. The third-order valence-corrected chi connectivity index (χ3v) is 5.11. The Balaban J connectivity index is 1.53. The van der Waals surface area contributed by atoms with Crippen LogP contribution in [0.15, 0.2) is 58.4 Å². The quantitative estimate of drug-likeness (QED) is 0.530. The Morgan fingerprint density at radius 3 is 2.41 bits per heavy atom. The van der Waals surface area contributed by atoms with Gasteiger partial charge in [0.05, 0.1) is 5.75 Å². The average Bonchev–Trinajstić information content (AvgIpc) is 3.30. The summed E-state index contributed by atoms with van der Waals surface area (Å²) in [7, 11) is 1.93. The number of aryl methyl sites for hydroxylation is 1. The van der Waals surface area contributed by atoms with E-state index < -0.39 is 0 Å². The van der Waals surface area contributed by atoms with Gasteiger partial charge in [-0.3, -0.25) is 9.59 Å². The molecule has 152 valence electrons. The molecular weight excluding hydrogens is 388 g/mol. The van der Waals surface area contributed by atoms with E-state index in [1.807, 2.05) is 31.7 Å². The largest absolute Gasteiger partial charge is 0.455 e. The summed E-state index contributed by atoms with van der Waals surface area (Å²) in [6.07, 6.45) is 4.09. The summed E-state index contributed by atoms with van der Waals surface area (Å²) >= 11 is 1.54. The number of aromatic nitrogens is 2. The van der Waals surface area contributed by atoms with Crippen molar-refractivity contribution >= 4 is 35.0 Å². The number of hydrogen-bond acceptors (Lipinski definition) is 5. The molecule has 7 nitrogen and oxygen atoms in total. The van der Waals surface area contributed by atoms with Crippen LogP contribution in [0.1, 0.15) is 36.6 Å². The Hall–Kier alpha value is -3.00. The minimum atomic E-state index is -0.324. The number of anilines is 2. The summed E-state index contributed by atoms with van der Waals surface area (Å²) in [5.41, 5.74) is 1.32. The van der Waals surface area contributed by atoms with Crippen LogP contribution in [0.25, 0.3) is 0 Å². The number of furan rings is 1. The highest BCUT2D eigenvalue weighted by Gasteiger charge is 2.13. The van der Waals surface area contributed by atoms with E-state index in [4.69, 9.17) is 4.42 Å². The van der Waals surface area contributed by atoms with Gasteiger partial charge in [-0.25, -0.2) is 4.98 Å². The molecule has 0 bridgehead atoms. The van der Waals surface area contributed by atoms with Crippen molar-refractivity contribution in [3.8, 4) is 0 Å². The molecule has 0 saturated carbocycles. The molecule has 0 atom stereocenters. The molecule has 3 rings (SSSR count). The maximum absolute atomic E-state index is 12.4. The summed E-state index contributed by atoms with van der Waals surface area (Å²) < 4.78 is 7.57. The van der Waals surface area contributed by atoms with Crippen LogP contribution in [0.3, 0.4) is 0 Å². The van der Waals surface area contributed by atoms with E-state index in [1.54, 1.807) is 42.6 Å².